The number of likely N-dealkylation sites (N-methyl/N-ethyl adjacent to an activating group) is 1. The molecule has 0 spiro atoms. The highest BCUT2D eigenvalue weighted by atomic mass is 79.9. The lowest BCUT2D eigenvalue weighted by Gasteiger charge is -2.26. The van der Waals surface area contributed by atoms with Crippen LogP contribution in [0, 0.1) is 13.8 Å². The normalized spacial score (nSPS) is 17.9. The number of amides is 1. The molecule has 0 aliphatic carbocycles. The molecule has 5 rings (SSSR count). The smallest absolute Gasteiger partial charge is 0.258 e. The molecule has 2 aromatic carbocycles. The van der Waals surface area contributed by atoms with Crippen molar-refractivity contribution >= 4 is 49.2 Å². The van der Waals surface area contributed by atoms with Crippen LogP contribution in [0.4, 0.5) is 5.69 Å². The van der Waals surface area contributed by atoms with Gasteiger partial charge in [0.2, 0.25) is 10.0 Å². The Labute approximate surface area is 213 Å². The number of benzene rings is 2. The molecule has 35 heavy (non-hydrogen) atoms. The summed E-state index contributed by atoms with van der Waals surface area (Å²) < 4.78 is 36.4. The largest absolute Gasteiger partial charge is 0.379 e. The number of hydrogen-bond donors (Lipinski definition) is 0. The Hall–Kier alpha value is -2.72. The molecule has 0 N–H and O–H groups in total. The third-order valence-corrected chi connectivity index (χ3v) is 9.04. The molecule has 1 amide bonds. The lowest BCUT2D eigenvalue weighted by molar-refractivity contribution is -0.112. The number of carbonyl (C=O) groups excluding carboxylic acids is 1. The maximum Gasteiger partial charge on any atom is 0.258 e. The molecule has 3 heterocycles. The molecule has 1 aromatic heterocycles. The van der Waals surface area contributed by atoms with Crippen LogP contribution in [0.25, 0.3) is 17.3 Å². The third kappa shape index (κ3) is 4.16. The number of sulfonamides is 1. The number of fused-ring (bicyclic) bond motifs is 1. The molecule has 7 nitrogen and oxygen atoms in total. The van der Waals surface area contributed by atoms with Gasteiger partial charge in [-0.15, -0.1) is 0 Å². The second-order valence-electron chi connectivity index (χ2n) is 8.76. The zero-order valence-corrected chi connectivity index (χ0v) is 22.2. The minimum Gasteiger partial charge on any atom is -0.379 e. The Morgan fingerprint density at radius 2 is 1.69 bits per heavy atom. The third-order valence-electron chi connectivity index (χ3n) is 6.62. The SMILES string of the molecule is Cc1cc(C=C2C(=O)N(C)c3ccc(S(=O)(=O)N4CCOCC4)cc32)c(C)n1-c1ccc(Br)cc1. The van der Waals surface area contributed by atoms with Crippen molar-refractivity contribution in [3.05, 3.63) is 75.5 Å². The van der Waals surface area contributed by atoms with E-state index in [1.165, 1.54) is 4.31 Å². The van der Waals surface area contributed by atoms with Crippen LogP contribution < -0.4 is 4.90 Å². The number of halogens is 1. The maximum absolute atomic E-state index is 13.2. The van der Waals surface area contributed by atoms with Gasteiger partial charge in [0.05, 0.1) is 23.8 Å². The second kappa shape index (κ2) is 9.05. The lowest BCUT2D eigenvalue weighted by Crippen LogP contribution is -2.40. The number of nitrogens with zero attached hydrogens (tertiary/aromatic N) is 3. The van der Waals surface area contributed by atoms with Gasteiger partial charge < -0.3 is 14.2 Å². The van der Waals surface area contributed by atoms with E-state index in [1.807, 2.05) is 50.3 Å². The van der Waals surface area contributed by atoms with Crippen LogP contribution in [0.2, 0.25) is 0 Å². The molecule has 182 valence electrons. The van der Waals surface area contributed by atoms with E-state index >= 15 is 0 Å². The van der Waals surface area contributed by atoms with Gasteiger partial charge in [0.1, 0.15) is 0 Å². The highest BCUT2D eigenvalue weighted by Crippen LogP contribution is 2.39. The van der Waals surface area contributed by atoms with Gasteiger partial charge in [-0.3, -0.25) is 4.79 Å². The van der Waals surface area contributed by atoms with Gasteiger partial charge in [-0.05, 0) is 74.0 Å². The summed E-state index contributed by atoms with van der Waals surface area (Å²) in [6, 6.07) is 15.0. The summed E-state index contributed by atoms with van der Waals surface area (Å²) in [6.45, 7) is 5.45. The van der Waals surface area contributed by atoms with E-state index in [9.17, 15) is 13.2 Å². The molecule has 0 bridgehead atoms. The Morgan fingerprint density at radius 3 is 2.37 bits per heavy atom. The minimum atomic E-state index is -3.68. The van der Waals surface area contributed by atoms with Gasteiger partial charge in [0.15, 0.2) is 0 Å². The van der Waals surface area contributed by atoms with E-state index in [0.29, 0.717) is 43.1 Å². The van der Waals surface area contributed by atoms with Crippen molar-refractivity contribution in [2.24, 2.45) is 0 Å². The summed E-state index contributed by atoms with van der Waals surface area (Å²) in [7, 11) is -1.97. The number of anilines is 1. The first-order valence-electron chi connectivity index (χ1n) is 11.4. The topological polar surface area (TPSA) is 71.8 Å². The quantitative estimate of drug-likeness (QED) is 0.447. The first-order valence-corrected chi connectivity index (χ1v) is 13.6. The van der Waals surface area contributed by atoms with Crippen molar-refractivity contribution in [2.45, 2.75) is 18.7 Å². The minimum absolute atomic E-state index is 0.158. The first-order chi connectivity index (χ1) is 16.7. The van der Waals surface area contributed by atoms with Crippen molar-refractivity contribution < 1.29 is 17.9 Å². The fourth-order valence-electron chi connectivity index (χ4n) is 4.74. The van der Waals surface area contributed by atoms with Crippen LogP contribution in [-0.4, -0.2) is 56.5 Å². The molecule has 0 unspecified atom stereocenters. The fraction of sp³-hybridized carbons (Fsp3) is 0.269. The number of aromatic nitrogens is 1. The standard InChI is InChI=1S/C26H26BrN3O4S/c1-17-14-19(18(2)30(17)21-6-4-20(27)5-7-21)15-24-23-16-22(8-9-25(23)28(3)26(24)31)35(32,33)29-10-12-34-13-11-29/h4-9,14-16H,10-13H2,1-3H3. The number of morpholine rings is 1. The number of hydrogen-bond acceptors (Lipinski definition) is 4. The van der Waals surface area contributed by atoms with E-state index in [1.54, 1.807) is 30.1 Å². The number of aryl methyl sites for hydroxylation is 1. The van der Waals surface area contributed by atoms with Crippen LogP contribution in [0.15, 0.2) is 57.9 Å². The van der Waals surface area contributed by atoms with Crippen LogP contribution in [-0.2, 0) is 19.6 Å². The zero-order valence-electron chi connectivity index (χ0n) is 19.8. The molecule has 3 aromatic rings. The lowest BCUT2D eigenvalue weighted by atomic mass is 10.0. The summed E-state index contributed by atoms with van der Waals surface area (Å²) >= 11 is 3.48. The summed E-state index contributed by atoms with van der Waals surface area (Å²) in [5, 5.41) is 0. The van der Waals surface area contributed by atoms with Crippen LogP contribution in [0.1, 0.15) is 22.5 Å². The predicted molar refractivity (Wildman–Crippen MR) is 140 cm³/mol. The van der Waals surface area contributed by atoms with Crippen LogP contribution in [0.5, 0.6) is 0 Å². The van der Waals surface area contributed by atoms with E-state index in [2.05, 4.69) is 20.5 Å². The van der Waals surface area contributed by atoms with Crippen LogP contribution >= 0.6 is 15.9 Å². The summed E-state index contributed by atoms with van der Waals surface area (Å²) in [4.78, 5) is 15.0. The first kappa shape index (κ1) is 24.0. The zero-order chi connectivity index (χ0) is 24.9. The van der Waals surface area contributed by atoms with E-state index in [0.717, 1.165) is 27.1 Å². The Balaban J connectivity index is 1.58. The molecular formula is C26H26BrN3O4S. The van der Waals surface area contributed by atoms with E-state index < -0.39 is 10.0 Å². The van der Waals surface area contributed by atoms with Gasteiger partial charge in [-0.1, -0.05) is 15.9 Å². The van der Waals surface area contributed by atoms with Gasteiger partial charge in [-0.25, -0.2) is 8.42 Å². The van der Waals surface area contributed by atoms with Gasteiger partial charge >= 0.3 is 0 Å². The Morgan fingerprint density at radius 1 is 1.00 bits per heavy atom. The van der Waals surface area contributed by atoms with Crippen molar-refractivity contribution in [1.29, 1.82) is 0 Å². The van der Waals surface area contributed by atoms with Crippen molar-refractivity contribution in [2.75, 3.05) is 38.3 Å². The molecular weight excluding hydrogens is 530 g/mol. The maximum atomic E-state index is 13.2. The molecule has 1 fully saturated rings. The summed E-state index contributed by atoms with van der Waals surface area (Å²) in [6.07, 6.45) is 1.87. The highest BCUT2D eigenvalue weighted by molar-refractivity contribution is 9.10. The molecule has 0 atom stereocenters. The van der Waals surface area contributed by atoms with Gasteiger partial charge in [0.25, 0.3) is 5.91 Å². The van der Waals surface area contributed by atoms with Crippen molar-refractivity contribution in [1.82, 2.24) is 8.87 Å². The Kier molecular flexibility index (Phi) is 6.21. The average Bonchev–Trinajstić information content (AvgIpc) is 3.27. The fourth-order valence-corrected chi connectivity index (χ4v) is 6.44. The van der Waals surface area contributed by atoms with Crippen molar-refractivity contribution in [3.63, 3.8) is 0 Å². The molecule has 0 saturated carbocycles. The van der Waals surface area contributed by atoms with Crippen molar-refractivity contribution in [3.8, 4) is 5.69 Å². The summed E-state index contributed by atoms with van der Waals surface area (Å²) in [5.41, 5.74) is 5.79. The number of rotatable bonds is 4. The highest BCUT2D eigenvalue weighted by Gasteiger charge is 2.33. The summed E-state index contributed by atoms with van der Waals surface area (Å²) in [5.74, 6) is -0.158. The van der Waals surface area contributed by atoms with Gasteiger partial charge in [-0.2, -0.15) is 4.31 Å². The van der Waals surface area contributed by atoms with E-state index in [4.69, 9.17) is 4.74 Å². The monoisotopic (exact) mass is 555 g/mol. The molecule has 0 radical (unpaired) electrons. The molecule has 2 aliphatic heterocycles. The average molecular weight is 556 g/mol. The van der Waals surface area contributed by atoms with Gasteiger partial charge in [0, 0.05) is 52.8 Å². The predicted octanol–water partition coefficient (Wildman–Crippen LogP) is 4.39. The Bertz CT molecular complexity index is 1450. The molecule has 2 aliphatic rings. The molecule has 1 saturated heterocycles. The second-order valence-corrected chi connectivity index (χ2v) is 11.6. The molecule has 9 heteroatoms. The number of ether oxygens (including phenoxy) is 1. The number of carbonyl (C=O) groups is 1. The van der Waals surface area contributed by atoms with E-state index in [-0.39, 0.29) is 10.8 Å². The van der Waals surface area contributed by atoms with Crippen LogP contribution in [0.3, 0.4) is 0 Å².